The van der Waals surface area contributed by atoms with Crippen LogP contribution >= 0.6 is 23.2 Å². The lowest BCUT2D eigenvalue weighted by Crippen LogP contribution is -2.42. The van der Waals surface area contributed by atoms with Gasteiger partial charge in [-0.25, -0.2) is 0 Å². The summed E-state index contributed by atoms with van der Waals surface area (Å²) in [6, 6.07) is 3.92. The Morgan fingerprint density at radius 1 is 1.21 bits per heavy atom. The molecule has 1 heterocycles. The summed E-state index contributed by atoms with van der Waals surface area (Å²) in [5, 5.41) is 4.55. The summed E-state index contributed by atoms with van der Waals surface area (Å²) in [6.45, 7) is 7.78. The zero-order valence-corrected chi connectivity index (χ0v) is 12.7. The van der Waals surface area contributed by atoms with Gasteiger partial charge in [0.1, 0.15) is 0 Å². The third-order valence-electron chi connectivity index (χ3n) is 3.12. The summed E-state index contributed by atoms with van der Waals surface area (Å²) in [7, 11) is 0. The Labute approximate surface area is 124 Å². The highest BCUT2D eigenvalue weighted by Gasteiger charge is 2.13. The molecule has 2 rings (SSSR count). The summed E-state index contributed by atoms with van der Waals surface area (Å²) in [4.78, 5) is 2.39. The van der Waals surface area contributed by atoms with Crippen molar-refractivity contribution in [2.75, 3.05) is 32.8 Å². The summed E-state index contributed by atoms with van der Waals surface area (Å²) < 4.78 is 5.57. The highest BCUT2D eigenvalue weighted by molar-refractivity contribution is 6.37. The molecule has 1 N–H and O–H groups in total. The number of piperazine rings is 1. The van der Waals surface area contributed by atoms with E-state index in [2.05, 4.69) is 17.1 Å². The van der Waals surface area contributed by atoms with Crippen LogP contribution < -0.4 is 10.1 Å². The minimum absolute atomic E-state index is 0.603. The van der Waals surface area contributed by atoms with Crippen LogP contribution in [0.4, 0.5) is 0 Å². The lowest BCUT2D eigenvalue weighted by molar-refractivity contribution is 0.233. The summed E-state index contributed by atoms with van der Waals surface area (Å²) >= 11 is 12.5. The van der Waals surface area contributed by atoms with Gasteiger partial charge in [0.15, 0.2) is 5.75 Å². The lowest BCUT2D eigenvalue weighted by Gasteiger charge is -2.27. The Hall–Kier alpha value is -0.480. The van der Waals surface area contributed by atoms with Gasteiger partial charge in [-0.15, -0.1) is 0 Å². The molecule has 1 aromatic carbocycles. The van der Waals surface area contributed by atoms with Crippen LogP contribution in [-0.4, -0.2) is 37.7 Å². The van der Waals surface area contributed by atoms with Crippen molar-refractivity contribution in [2.24, 2.45) is 0 Å². The molecule has 1 fully saturated rings. The second kappa shape index (κ2) is 7.34. The van der Waals surface area contributed by atoms with Crippen molar-refractivity contribution in [1.82, 2.24) is 10.2 Å². The minimum Gasteiger partial charge on any atom is -0.490 e. The fourth-order valence-corrected chi connectivity index (χ4v) is 2.81. The third-order valence-corrected chi connectivity index (χ3v) is 3.69. The molecule has 0 atom stereocenters. The van der Waals surface area contributed by atoms with Crippen molar-refractivity contribution in [2.45, 2.75) is 19.9 Å². The molecule has 0 saturated carbocycles. The second-order valence-corrected chi connectivity index (χ2v) is 5.58. The molecule has 106 valence electrons. The first-order valence-electron chi connectivity index (χ1n) is 6.74. The average molecular weight is 303 g/mol. The molecule has 19 heavy (non-hydrogen) atoms. The first-order valence-corrected chi connectivity index (χ1v) is 7.50. The van der Waals surface area contributed by atoms with Gasteiger partial charge in [-0.1, -0.05) is 30.1 Å². The van der Waals surface area contributed by atoms with Gasteiger partial charge < -0.3 is 10.1 Å². The Kier molecular flexibility index (Phi) is 5.76. The Bertz CT molecular complexity index is 397. The monoisotopic (exact) mass is 302 g/mol. The van der Waals surface area contributed by atoms with Crippen molar-refractivity contribution in [3.05, 3.63) is 27.7 Å². The van der Waals surface area contributed by atoms with Crippen LogP contribution in [0.3, 0.4) is 0 Å². The highest BCUT2D eigenvalue weighted by atomic mass is 35.5. The van der Waals surface area contributed by atoms with Gasteiger partial charge in [-0.2, -0.15) is 0 Å². The van der Waals surface area contributed by atoms with Gasteiger partial charge in [0.25, 0.3) is 0 Å². The standard InChI is InChI=1S/C14H20Cl2N2O/c1-2-7-19-14-12(15)8-11(9-13(14)16)10-18-5-3-17-4-6-18/h8-9,17H,2-7,10H2,1H3. The first-order chi connectivity index (χ1) is 9.20. The van der Waals surface area contributed by atoms with Crippen LogP contribution in [0, 0.1) is 0 Å². The van der Waals surface area contributed by atoms with E-state index in [4.69, 9.17) is 27.9 Å². The molecule has 1 saturated heterocycles. The molecule has 0 amide bonds. The summed E-state index contributed by atoms with van der Waals surface area (Å²) in [5.41, 5.74) is 1.14. The second-order valence-electron chi connectivity index (χ2n) is 4.76. The van der Waals surface area contributed by atoms with Gasteiger partial charge in [0.05, 0.1) is 16.7 Å². The molecule has 1 aliphatic rings. The van der Waals surface area contributed by atoms with Crippen molar-refractivity contribution < 1.29 is 4.74 Å². The first kappa shape index (κ1) is 14.9. The van der Waals surface area contributed by atoms with Crippen LogP contribution in [0.15, 0.2) is 12.1 Å². The van der Waals surface area contributed by atoms with Crippen molar-refractivity contribution in [3.8, 4) is 5.75 Å². The largest absolute Gasteiger partial charge is 0.490 e. The van der Waals surface area contributed by atoms with Gasteiger partial charge in [-0.3, -0.25) is 4.90 Å². The van der Waals surface area contributed by atoms with Gasteiger partial charge in [0, 0.05) is 32.7 Å². The fraction of sp³-hybridized carbons (Fsp3) is 0.571. The molecule has 0 radical (unpaired) electrons. The summed E-state index contributed by atoms with van der Waals surface area (Å²) in [6.07, 6.45) is 0.940. The van der Waals surface area contributed by atoms with E-state index in [1.807, 2.05) is 12.1 Å². The molecular weight excluding hydrogens is 283 g/mol. The zero-order chi connectivity index (χ0) is 13.7. The number of hydrogen-bond acceptors (Lipinski definition) is 3. The zero-order valence-electron chi connectivity index (χ0n) is 11.2. The van der Waals surface area contributed by atoms with E-state index in [1.165, 1.54) is 0 Å². The van der Waals surface area contributed by atoms with Crippen LogP contribution in [-0.2, 0) is 6.54 Å². The maximum atomic E-state index is 6.25. The van der Waals surface area contributed by atoms with E-state index in [0.29, 0.717) is 22.4 Å². The van der Waals surface area contributed by atoms with E-state index in [-0.39, 0.29) is 0 Å². The average Bonchev–Trinajstić information content (AvgIpc) is 2.39. The van der Waals surface area contributed by atoms with E-state index in [9.17, 15) is 0 Å². The predicted molar refractivity (Wildman–Crippen MR) is 80.4 cm³/mol. The molecule has 0 aromatic heterocycles. The lowest BCUT2D eigenvalue weighted by atomic mass is 10.2. The van der Waals surface area contributed by atoms with E-state index < -0.39 is 0 Å². The van der Waals surface area contributed by atoms with Gasteiger partial charge >= 0.3 is 0 Å². The number of nitrogens with zero attached hydrogens (tertiary/aromatic N) is 1. The minimum atomic E-state index is 0.603. The van der Waals surface area contributed by atoms with Gasteiger partial charge in [-0.05, 0) is 24.1 Å². The molecule has 0 unspecified atom stereocenters. The van der Waals surface area contributed by atoms with E-state index >= 15 is 0 Å². The van der Waals surface area contributed by atoms with Crippen LogP contribution in [0.5, 0.6) is 5.75 Å². The Morgan fingerprint density at radius 2 is 1.84 bits per heavy atom. The molecule has 5 heteroatoms. The van der Waals surface area contributed by atoms with Crippen molar-refractivity contribution in [3.63, 3.8) is 0 Å². The quantitative estimate of drug-likeness (QED) is 0.904. The number of nitrogens with one attached hydrogen (secondary N) is 1. The Balaban J connectivity index is 2.05. The maximum absolute atomic E-state index is 6.25. The van der Waals surface area contributed by atoms with Crippen LogP contribution in [0.2, 0.25) is 10.0 Å². The Morgan fingerprint density at radius 3 is 2.42 bits per heavy atom. The van der Waals surface area contributed by atoms with Crippen molar-refractivity contribution in [1.29, 1.82) is 0 Å². The number of hydrogen-bond donors (Lipinski definition) is 1. The molecule has 0 bridgehead atoms. The maximum Gasteiger partial charge on any atom is 0.156 e. The fourth-order valence-electron chi connectivity index (χ4n) is 2.17. The van der Waals surface area contributed by atoms with Crippen molar-refractivity contribution >= 4 is 23.2 Å². The topological polar surface area (TPSA) is 24.5 Å². The van der Waals surface area contributed by atoms with Crippen LogP contribution in [0.1, 0.15) is 18.9 Å². The van der Waals surface area contributed by atoms with Crippen LogP contribution in [0.25, 0.3) is 0 Å². The predicted octanol–water partition coefficient (Wildman–Crippen LogP) is 3.19. The molecular formula is C14H20Cl2N2O. The number of rotatable bonds is 5. The summed E-state index contributed by atoms with van der Waals surface area (Å²) in [5.74, 6) is 0.606. The van der Waals surface area contributed by atoms with Gasteiger partial charge in [0.2, 0.25) is 0 Å². The molecule has 1 aliphatic heterocycles. The highest BCUT2D eigenvalue weighted by Crippen LogP contribution is 2.34. The molecule has 3 nitrogen and oxygen atoms in total. The molecule has 0 spiro atoms. The SMILES string of the molecule is CCCOc1c(Cl)cc(CN2CCNCC2)cc1Cl. The number of halogens is 2. The number of benzene rings is 1. The van der Waals surface area contributed by atoms with E-state index in [1.54, 1.807) is 0 Å². The smallest absolute Gasteiger partial charge is 0.156 e. The normalized spacial score (nSPS) is 16.6. The molecule has 0 aliphatic carbocycles. The van der Waals surface area contributed by atoms with E-state index in [0.717, 1.165) is 44.7 Å². The number of ether oxygens (including phenoxy) is 1. The molecule has 1 aromatic rings. The third kappa shape index (κ3) is 4.25.